The second-order valence-corrected chi connectivity index (χ2v) is 9.19. The van der Waals surface area contributed by atoms with E-state index >= 15 is 0 Å². The van der Waals surface area contributed by atoms with Crippen molar-refractivity contribution in [3.8, 4) is 0 Å². The molecule has 0 aliphatic heterocycles. The van der Waals surface area contributed by atoms with Gasteiger partial charge in [0.05, 0.1) is 5.25 Å². The lowest BCUT2D eigenvalue weighted by atomic mass is 10.1. The van der Waals surface area contributed by atoms with E-state index in [1.54, 1.807) is 6.20 Å². The Morgan fingerprint density at radius 3 is 2.79 bits per heavy atom. The fourth-order valence-electron chi connectivity index (χ4n) is 2.33. The summed E-state index contributed by atoms with van der Waals surface area (Å²) in [5.74, 6) is 0.0954. The van der Waals surface area contributed by atoms with Crippen molar-refractivity contribution in [1.29, 1.82) is 0 Å². The zero-order chi connectivity index (χ0) is 17.3. The largest absolute Gasteiger partial charge is 0.360 e. The van der Waals surface area contributed by atoms with E-state index < -0.39 is 0 Å². The van der Waals surface area contributed by atoms with Crippen LogP contribution in [0.15, 0.2) is 34.8 Å². The molecule has 0 aliphatic rings. The number of rotatable bonds is 5. The van der Waals surface area contributed by atoms with Crippen molar-refractivity contribution in [1.82, 2.24) is 15.2 Å². The highest BCUT2D eigenvalue weighted by Crippen LogP contribution is 2.32. The van der Waals surface area contributed by atoms with Crippen LogP contribution in [0.1, 0.15) is 38.1 Å². The van der Waals surface area contributed by atoms with Crippen LogP contribution in [0.25, 0.3) is 10.9 Å². The Labute approximate surface area is 149 Å². The molecule has 2 aromatic heterocycles. The van der Waals surface area contributed by atoms with Gasteiger partial charge in [0.1, 0.15) is 0 Å². The molecule has 0 spiro atoms. The second-order valence-electron chi connectivity index (χ2n) is 6.62. The van der Waals surface area contributed by atoms with Gasteiger partial charge in [0.25, 0.3) is 0 Å². The molecule has 126 valence electrons. The van der Waals surface area contributed by atoms with Crippen LogP contribution in [0.5, 0.6) is 0 Å². The van der Waals surface area contributed by atoms with Crippen LogP contribution in [0.3, 0.4) is 0 Å². The number of anilines is 1. The topological polar surface area (TPSA) is 70.7 Å². The van der Waals surface area contributed by atoms with Gasteiger partial charge in [0.2, 0.25) is 5.13 Å². The molecule has 7 heteroatoms. The third-order valence-electron chi connectivity index (χ3n) is 3.39. The molecule has 0 amide bonds. The predicted octanol–water partition coefficient (Wildman–Crippen LogP) is 4.59. The molecule has 1 atom stereocenters. The number of thioether (sulfide) groups is 1. The van der Waals surface area contributed by atoms with E-state index in [0.717, 1.165) is 25.9 Å². The van der Waals surface area contributed by atoms with Crippen LogP contribution in [0, 0.1) is 0 Å². The normalized spacial score (nSPS) is 13.2. The van der Waals surface area contributed by atoms with Crippen LogP contribution in [0.2, 0.25) is 0 Å². The first-order valence-electron chi connectivity index (χ1n) is 7.72. The number of nitrogens with one attached hydrogen (secondary N) is 2. The van der Waals surface area contributed by atoms with E-state index in [4.69, 9.17) is 0 Å². The molecule has 0 radical (unpaired) electrons. The fraction of sp³-hybridized carbons (Fsp3) is 0.353. The van der Waals surface area contributed by atoms with Gasteiger partial charge in [-0.25, -0.2) is 0 Å². The van der Waals surface area contributed by atoms with Crippen molar-refractivity contribution >= 4 is 44.9 Å². The summed E-state index contributed by atoms with van der Waals surface area (Å²) in [6, 6.07) is 7.84. The van der Waals surface area contributed by atoms with Gasteiger partial charge in [-0.15, -0.1) is 10.2 Å². The smallest absolute Gasteiger partial charge is 0.206 e. The van der Waals surface area contributed by atoms with Gasteiger partial charge in [0.15, 0.2) is 10.1 Å². The van der Waals surface area contributed by atoms with Crippen LogP contribution < -0.4 is 5.32 Å². The summed E-state index contributed by atoms with van der Waals surface area (Å²) in [4.78, 5) is 15.9. The van der Waals surface area contributed by atoms with E-state index in [2.05, 4.69) is 41.3 Å². The molecule has 1 aromatic carbocycles. The number of hydrogen-bond acceptors (Lipinski definition) is 6. The summed E-state index contributed by atoms with van der Waals surface area (Å²) >= 11 is 2.92. The lowest BCUT2D eigenvalue weighted by Crippen LogP contribution is -2.25. The van der Waals surface area contributed by atoms with E-state index in [9.17, 15) is 4.79 Å². The molecular formula is C17H20N4OS2. The predicted molar refractivity (Wildman–Crippen MR) is 101 cm³/mol. The highest BCUT2D eigenvalue weighted by Gasteiger charge is 2.22. The standard InChI is InChI=1S/C17H20N4OS2/c1-10(23-16-21-20-15(24-16)19-17(2,3)4)14(22)12-9-18-13-8-6-5-7-11(12)13/h5-10,18H,1-4H3,(H,19,20). The highest BCUT2D eigenvalue weighted by molar-refractivity contribution is 8.02. The number of hydrogen-bond donors (Lipinski definition) is 2. The van der Waals surface area contributed by atoms with Gasteiger partial charge >= 0.3 is 0 Å². The van der Waals surface area contributed by atoms with Crippen molar-refractivity contribution < 1.29 is 4.79 Å². The van der Waals surface area contributed by atoms with Crippen molar-refractivity contribution in [3.63, 3.8) is 0 Å². The molecule has 2 N–H and O–H groups in total. The quantitative estimate of drug-likeness (QED) is 0.514. The molecule has 0 fully saturated rings. The number of benzene rings is 1. The van der Waals surface area contributed by atoms with Gasteiger partial charge in [-0.05, 0) is 33.8 Å². The lowest BCUT2D eigenvalue weighted by molar-refractivity contribution is 0.0995. The maximum atomic E-state index is 12.8. The fourth-order valence-corrected chi connectivity index (χ4v) is 4.50. The molecule has 24 heavy (non-hydrogen) atoms. The minimum atomic E-state index is -0.223. The summed E-state index contributed by atoms with van der Waals surface area (Å²) < 4.78 is 0.794. The average Bonchev–Trinajstić information content (AvgIpc) is 3.11. The molecular weight excluding hydrogens is 340 g/mol. The van der Waals surface area contributed by atoms with Crippen molar-refractivity contribution in [2.45, 2.75) is 42.8 Å². The summed E-state index contributed by atoms with van der Waals surface area (Å²) in [6.07, 6.45) is 1.79. The van der Waals surface area contributed by atoms with Gasteiger partial charge in [0, 0.05) is 28.2 Å². The van der Waals surface area contributed by atoms with E-state index in [0.29, 0.717) is 0 Å². The van der Waals surface area contributed by atoms with E-state index in [1.807, 2.05) is 31.2 Å². The average molecular weight is 361 g/mol. The maximum absolute atomic E-state index is 12.8. The Balaban J connectivity index is 1.73. The van der Waals surface area contributed by atoms with Gasteiger partial charge < -0.3 is 10.3 Å². The number of Topliss-reactive ketones (excluding diaryl/α,β-unsaturated/α-hetero) is 1. The molecule has 2 heterocycles. The van der Waals surface area contributed by atoms with Gasteiger partial charge in [-0.1, -0.05) is 41.3 Å². The Kier molecular flexibility index (Phi) is 4.64. The van der Waals surface area contributed by atoms with E-state index in [-0.39, 0.29) is 16.6 Å². The molecule has 1 unspecified atom stereocenters. The van der Waals surface area contributed by atoms with Crippen molar-refractivity contribution in [2.24, 2.45) is 0 Å². The first-order valence-corrected chi connectivity index (χ1v) is 9.42. The maximum Gasteiger partial charge on any atom is 0.206 e. The molecule has 0 aliphatic carbocycles. The monoisotopic (exact) mass is 360 g/mol. The van der Waals surface area contributed by atoms with Crippen LogP contribution in [0.4, 0.5) is 5.13 Å². The summed E-state index contributed by atoms with van der Waals surface area (Å²) in [6.45, 7) is 8.13. The Morgan fingerprint density at radius 1 is 1.29 bits per heavy atom. The number of H-pyrrole nitrogens is 1. The molecule has 3 aromatic rings. The highest BCUT2D eigenvalue weighted by atomic mass is 32.2. The number of carbonyl (C=O) groups excluding carboxylic acids is 1. The minimum absolute atomic E-state index is 0.0626. The first kappa shape index (κ1) is 17.0. The number of fused-ring (bicyclic) bond motifs is 1. The Hall–Kier alpha value is -1.86. The zero-order valence-electron chi connectivity index (χ0n) is 14.1. The number of aromatic amines is 1. The minimum Gasteiger partial charge on any atom is -0.360 e. The van der Waals surface area contributed by atoms with Crippen LogP contribution in [-0.2, 0) is 0 Å². The molecule has 5 nitrogen and oxygen atoms in total. The zero-order valence-corrected chi connectivity index (χ0v) is 15.7. The van der Waals surface area contributed by atoms with Gasteiger partial charge in [-0.3, -0.25) is 4.79 Å². The second kappa shape index (κ2) is 6.57. The van der Waals surface area contributed by atoms with Crippen molar-refractivity contribution in [2.75, 3.05) is 5.32 Å². The SMILES string of the molecule is CC(Sc1nnc(NC(C)(C)C)s1)C(=O)c1c[nH]c2ccccc12. The summed E-state index contributed by atoms with van der Waals surface area (Å²) in [7, 11) is 0. The molecule has 3 rings (SSSR count). The van der Waals surface area contributed by atoms with Crippen molar-refractivity contribution in [3.05, 3.63) is 36.0 Å². The molecule has 0 saturated carbocycles. The number of aromatic nitrogens is 3. The number of nitrogens with zero attached hydrogens (tertiary/aromatic N) is 2. The van der Waals surface area contributed by atoms with Gasteiger partial charge in [-0.2, -0.15) is 0 Å². The molecule has 0 bridgehead atoms. The number of ketones is 1. The van der Waals surface area contributed by atoms with Crippen LogP contribution >= 0.6 is 23.1 Å². The Morgan fingerprint density at radius 2 is 2.04 bits per heavy atom. The summed E-state index contributed by atoms with van der Waals surface area (Å²) in [5.41, 5.74) is 1.64. The third-order valence-corrected chi connectivity index (χ3v) is 5.41. The lowest BCUT2D eigenvalue weighted by Gasteiger charge is -2.18. The molecule has 0 saturated heterocycles. The Bertz CT molecular complexity index is 863. The van der Waals surface area contributed by atoms with E-state index in [1.165, 1.54) is 23.1 Å². The first-order chi connectivity index (χ1) is 11.3. The summed E-state index contributed by atoms with van der Waals surface area (Å²) in [5, 5.41) is 13.1. The van der Waals surface area contributed by atoms with Crippen LogP contribution in [-0.4, -0.2) is 31.8 Å². The number of carbonyl (C=O) groups is 1. The third kappa shape index (κ3) is 3.79. The number of para-hydroxylation sites is 1.